The lowest BCUT2D eigenvalue weighted by Gasteiger charge is -2.05. The average molecular weight is 243 g/mol. The minimum atomic E-state index is 0.0312. The molecule has 0 aliphatic carbocycles. The smallest absolute Gasteiger partial charge is 0.157 e. The Balaban J connectivity index is 0.000000292. The van der Waals surface area contributed by atoms with E-state index < -0.39 is 0 Å². The molecule has 0 radical (unpaired) electrons. The molecule has 0 bridgehead atoms. The molecule has 1 rings (SSSR count). The van der Waals surface area contributed by atoms with Gasteiger partial charge >= 0.3 is 0 Å². The highest BCUT2D eigenvalue weighted by Crippen LogP contribution is 2.09. The van der Waals surface area contributed by atoms with Gasteiger partial charge in [-0.2, -0.15) is 0 Å². The quantitative estimate of drug-likeness (QED) is 0.548. The number of carbonyl (C=O) groups excluding carboxylic acids is 1. The summed E-state index contributed by atoms with van der Waals surface area (Å²) < 4.78 is 10.3. The van der Waals surface area contributed by atoms with Gasteiger partial charge in [-0.05, 0) is 12.8 Å². The highest BCUT2D eigenvalue weighted by molar-refractivity contribution is 6.18. The molecule has 0 amide bonds. The molecule has 1 heterocycles. The van der Waals surface area contributed by atoms with Crippen LogP contribution in [0.1, 0.15) is 19.3 Å². The third-order valence-corrected chi connectivity index (χ3v) is 1.98. The molecule has 84 valence electrons. The first-order valence-electron chi connectivity index (χ1n) is 4.64. The summed E-state index contributed by atoms with van der Waals surface area (Å²) in [6, 6.07) is 0. The fourth-order valence-corrected chi connectivity index (χ4v) is 1.11. The number of halogens is 2. The van der Waals surface area contributed by atoms with E-state index in [1.54, 1.807) is 0 Å². The van der Waals surface area contributed by atoms with Crippen LogP contribution >= 0.6 is 23.2 Å². The van der Waals surface area contributed by atoms with Crippen LogP contribution in [0.15, 0.2) is 0 Å². The van der Waals surface area contributed by atoms with Crippen molar-refractivity contribution >= 4 is 29.5 Å². The summed E-state index contributed by atoms with van der Waals surface area (Å²) in [5, 5.41) is 0. The van der Waals surface area contributed by atoms with Gasteiger partial charge in [-0.1, -0.05) is 0 Å². The van der Waals surface area contributed by atoms with Crippen molar-refractivity contribution < 1.29 is 14.3 Å². The highest BCUT2D eigenvalue weighted by Gasteiger charge is 2.14. The Morgan fingerprint density at radius 2 is 1.86 bits per heavy atom. The van der Waals surface area contributed by atoms with E-state index in [0.29, 0.717) is 18.2 Å². The number of hydrogen-bond donors (Lipinski definition) is 0. The van der Waals surface area contributed by atoms with Gasteiger partial charge in [-0.3, -0.25) is 0 Å². The third-order valence-electron chi connectivity index (χ3n) is 1.49. The zero-order valence-corrected chi connectivity index (χ0v) is 9.60. The summed E-state index contributed by atoms with van der Waals surface area (Å²) in [5.41, 5.74) is 0. The zero-order chi connectivity index (χ0) is 10.6. The zero-order valence-electron chi connectivity index (χ0n) is 8.09. The Hall–Kier alpha value is 0.170. The highest BCUT2D eigenvalue weighted by atomic mass is 35.5. The lowest BCUT2D eigenvalue weighted by Crippen LogP contribution is -2.06. The summed E-state index contributed by atoms with van der Waals surface area (Å²) in [7, 11) is 0. The number of ether oxygens (including phenoxy) is 2. The molecular formula is C9H16Cl2O3. The van der Waals surface area contributed by atoms with Crippen molar-refractivity contribution in [1.29, 1.82) is 0 Å². The Morgan fingerprint density at radius 1 is 1.21 bits per heavy atom. The van der Waals surface area contributed by atoms with Gasteiger partial charge in [-0.15, -0.1) is 23.2 Å². The molecule has 0 N–H and O–H groups in total. The fraction of sp³-hybridized carbons (Fsp3) is 0.889. The number of aldehydes is 1. The molecule has 0 unspecified atom stereocenters. The average Bonchev–Trinajstić information content (AvgIpc) is 2.69. The van der Waals surface area contributed by atoms with Gasteiger partial charge in [0.2, 0.25) is 0 Å². The summed E-state index contributed by atoms with van der Waals surface area (Å²) >= 11 is 10.5. The first kappa shape index (κ1) is 14.2. The van der Waals surface area contributed by atoms with Crippen molar-refractivity contribution in [3.05, 3.63) is 0 Å². The predicted molar refractivity (Wildman–Crippen MR) is 57.0 cm³/mol. The molecule has 0 aromatic rings. The molecule has 0 aromatic heterocycles. The summed E-state index contributed by atoms with van der Waals surface area (Å²) in [6.07, 6.45) is 3.22. The fourth-order valence-electron chi connectivity index (χ4n) is 0.862. The molecule has 14 heavy (non-hydrogen) atoms. The van der Waals surface area contributed by atoms with E-state index in [0.717, 1.165) is 32.3 Å². The van der Waals surface area contributed by atoms with E-state index >= 15 is 0 Å². The van der Waals surface area contributed by atoms with Crippen LogP contribution in [0.5, 0.6) is 0 Å². The maximum absolute atomic E-state index is 9.32. The second-order valence-corrected chi connectivity index (χ2v) is 3.40. The van der Waals surface area contributed by atoms with Crippen LogP contribution in [0.4, 0.5) is 0 Å². The minimum absolute atomic E-state index is 0.0312. The Bertz CT molecular complexity index is 127. The van der Waals surface area contributed by atoms with Crippen molar-refractivity contribution in [2.75, 3.05) is 25.0 Å². The molecule has 0 atom stereocenters. The molecule has 5 heteroatoms. The second-order valence-electron chi connectivity index (χ2n) is 2.65. The predicted octanol–water partition coefficient (Wildman–Crippen LogP) is 2.19. The minimum Gasteiger partial charge on any atom is -0.350 e. The molecule has 0 spiro atoms. The summed E-state index contributed by atoms with van der Waals surface area (Å²) in [6.45, 7) is 1.49. The van der Waals surface area contributed by atoms with Crippen LogP contribution in [0.2, 0.25) is 0 Å². The van der Waals surface area contributed by atoms with Crippen LogP contribution in [0.25, 0.3) is 0 Å². The first-order chi connectivity index (χ1) is 6.85. The van der Waals surface area contributed by atoms with E-state index in [-0.39, 0.29) is 6.29 Å². The van der Waals surface area contributed by atoms with Crippen LogP contribution in [0, 0.1) is 0 Å². The normalized spacial score (nSPS) is 16.1. The third kappa shape index (κ3) is 8.75. The largest absolute Gasteiger partial charge is 0.350 e. The van der Waals surface area contributed by atoms with E-state index in [4.69, 9.17) is 32.7 Å². The van der Waals surface area contributed by atoms with Crippen LogP contribution < -0.4 is 0 Å². The first-order valence-corrected chi connectivity index (χ1v) is 5.70. The van der Waals surface area contributed by atoms with Crippen LogP contribution in [-0.4, -0.2) is 37.5 Å². The second kappa shape index (κ2) is 11.2. The molecule has 1 saturated heterocycles. The van der Waals surface area contributed by atoms with Crippen LogP contribution in [-0.2, 0) is 14.3 Å². The lowest BCUT2D eigenvalue weighted by atomic mass is 10.3. The van der Waals surface area contributed by atoms with Gasteiger partial charge < -0.3 is 14.3 Å². The Kier molecular flexibility index (Phi) is 11.4. The molecular weight excluding hydrogens is 227 g/mol. The monoisotopic (exact) mass is 242 g/mol. The maximum atomic E-state index is 9.32. The van der Waals surface area contributed by atoms with E-state index in [1.165, 1.54) is 0 Å². The maximum Gasteiger partial charge on any atom is 0.157 e. The molecule has 0 aromatic carbocycles. The van der Waals surface area contributed by atoms with Crippen LogP contribution in [0.3, 0.4) is 0 Å². The molecule has 3 nitrogen and oxygen atoms in total. The van der Waals surface area contributed by atoms with Crippen molar-refractivity contribution in [2.24, 2.45) is 0 Å². The van der Waals surface area contributed by atoms with Crippen molar-refractivity contribution in [2.45, 2.75) is 25.6 Å². The number of hydrogen-bond acceptors (Lipinski definition) is 3. The van der Waals surface area contributed by atoms with Gasteiger partial charge in [0.15, 0.2) is 6.29 Å². The topological polar surface area (TPSA) is 35.5 Å². The van der Waals surface area contributed by atoms with Crippen molar-refractivity contribution in [3.63, 3.8) is 0 Å². The Labute approximate surface area is 94.7 Å². The lowest BCUT2D eigenvalue weighted by molar-refractivity contribution is -0.107. The van der Waals surface area contributed by atoms with Gasteiger partial charge in [-0.25, -0.2) is 0 Å². The standard InChI is InChI=1S/C6H11ClO2.C3H5ClO/c7-3-1-2-6-8-4-5-9-6;4-2-1-3-5/h6H,1-5H2;3H,1-2H2. The van der Waals surface area contributed by atoms with Gasteiger partial charge in [0.05, 0.1) is 13.2 Å². The molecule has 1 aliphatic rings. The van der Waals surface area contributed by atoms with Gasteiger partial charge in [0.1, 0.15) is 6.29 Å². The number of alkyl halides is 2. The molecule has 1 aliphatic heterocycles. The summed E-state index contributed by atoms with van der Waals surface area (Å²) in [4.78, 5) is 9.32. The Morgan fingerprint density at radius 3 is 2.21 bits per heavy atom. The van der Waals surface area contributed by atoms with Crippen molar-refractivity contribution in [3.8, 4) is 0 Å². The SMILES string of the molecule is ClCCCC1OCCO1.O=CCCCl. The van der Waals surface area contributed by atoms with E-state index in [2.05, 4.69) is 0 Å². The molecule has 0 saturated carbocycles. The number of rotatable bonds is 5. The summed E-state index contributed by atoms with van der Waals surface area (Å²) in [5.74, 6) is 1.15. The van der Waals surface area contributed by atoms with E-state index in [9.17, 15) is 4.79 Å². The van der Waals surface area contributed by atoms with Crippen molar-refractivity contribution in [1.82, 2.24) is 0 Å². The number of carbonyl (C=O) groups is 1. The van der Waals surface area contributed by atoms with E-state index in [1.807, 2.05) is 0 Å². The molecule has 1 fully saturated rings. The van der Waals surface area contributed by atoms with Gasteiger partial charge in [0.25, 0.3) is 0 Å². The van der Waals surface area contributed by atoms with Gasteiger partial charge in [0, 0.05) is 18.2 Å².